The average Bonchev–Trinajstić information content (AvgIpc) is 3.44. The molecule has 10 heteroatoms. The van der Waals surface area contributed by atoms with Gasteiger partial charge in [-0.15, -0.1) is 22.7 Å². The second-order valence-electron chi connectivity index (χ2n) is 5.42. The Kier molecular flexibility index (Phi) is 3.50. The van der Waals surface area contributed by atoms with Gasteiger partial charge in [-0.3, -0.25) is 4.79 Å². The van der Waals surface area contributed by atoms with Gasteiger partial charge >= 0.3 is 0 Å². The Hall–Kier alpha value is -3.11. The lowest BCUT2D eigenvalue weighted by Crippen LogP contribution is -2.25. The van der Waals surface area contributed by atoms with Crippen LogP contribution in [0.25, 0.3) is 26.8 Å². The summed E-state index contributed by atoms with van der Waals surface area (Å²) in [4.78, 5) is 18.9. The Morgan fingerprint density at radius 1 is 1.12 bits per heavy atom. The van der Waals surface area contributed by atoms with Crippen molar-refractivity contribution in [3.05, 3.63) is 63.7 Å². The number of hydrogen-bond acceptors (Lipinski definition) is 8. The van der Waals surface area contributed by atoms with Gasteiger partial charge in [0, 0.05) is 0 Å². The quantitative estimate of drug-likeness (QED) is 0.475. The predicted molar refractivity (Wildman–Crippen MR) is 97.3 cm³/mol. The molecule has 5 aromatic rings. The van der Waals surface area contributed by atoms with Gasteiger partial charge in [0.2, 0.25) is 11.7 Å². The third kappa shape index (κ3) is 2.55. The SMILES string of the molecule is O=c1c2cc(-c3cccs3)nn2cnn1Cc1nc(-c2cccs2)no1. The van der Waals surface area contributed by atoms with Crippen LogP contribution in [0, 0.1) is 0 Å². The molecule has 0 N–H and O–H groups in total. The van der Waals surface area contributed by atoms with Gasteiger partial charge in [-0.1, -0.05) is 17.3 Å². The number of rotatable bonds is 4. The van der Waals surface area contributed by atoms with E-state index in [0.29, 0.717) is 17.2 Å². The molecule has 0 spiro atoms. The van der Waals surface area contributed by atoms with Gasteiger partial charge < -0.3 is 4.52 Å². The van der Waals surface area contributed by atoms with Crippen molar-refractivity contribution >= 4 is 28.2 Å². The van der Waals surface area contributed by atoms with Crippen LogP contribution < -0.4 is 5.56 Å². The molecule has 0 aliphatic carbocycles. The minimum absolute atomic E-state index is 0.104. The van der Waals surface area contributed by atoms with E-state index in [0.717, 1.165) is 15.4 Å². The maximum Gasteiger partial charge on any atom is 0.293 e. The summed E-state index contributed by atoms with van der Waals surface area (Å²) in [6.45, 7) is 0.104. The highest BCUT2D eigenvalue weighted by Gasteiger charge is 2.14. The van der Waals surface area contributed by atoms with E-state index in [-0.39, 0.29) is 12.1 Å². The summed E-state index contributed by atoms with van der Waals surface area (Å²) in [5.41, 5.74) is 0.925. The second kappa shape index (κ2) is 6.00. The van der Waals surface area contributed by atoms with Crippen molar-refractivity contribution in [2.45, 2.75) is 6.54 Å². The third-order valence-electron chi connectivity index (χ3n) is 3.76. The first-order valence-electron chi connectivity index (χ1n) is 7.64. The fourth-order valence-electron chi connectivity index (χ4n) is 2.55. The van der Waals surface area contributed by atoms with Crippen molar-refractivity contribution in [2.24, 2.45) is 0 Å². The van der Waals surface area contributed by atoms with Gasteiger partial charge in [-0.05, 0) is 29.0 Å². The maximum absolute atomic E-state index is 12.7. The highest BCUT2D eigenvalue weighted by atomic mass is 32.1. The van der Waals surface area contributed by atoms with Gasteiger partial charge in [0.05, 0.1) is 9.75 Å². The Bertz CT molecular complexity index is 1230. The van der Waals surface area contributed by atoms with E-state index < -0.39 is 0 Å². The van der Waals surface area contributed by atoms with Gasteiger partial charge in [-0.2, -0.15) is 15.2 Å². The topological polar surface area (TPSA) is 91.1 Å². The summed E-state index contributed by atoms with van der Waals surface area (Å²) >= 11 is 3.09. The van der Waals surface area contributed by atoms with Crippen molar-refractivity contribution in [2.75, 3.05) is 0 Å². The Balaban J connectivity index is 1.49. The standard InChI is InChI=1S/C16H10N6O2S2/c23-16-11-7-10(12-3-1-5-25-12)19-22(11)9-17-21(16)8-14-18-15(20-24-14)13-4-2-6-26-13/h1-7,9H,8H2. The van der Waals surface area contributed by atoms with Crippen LogP contribution in [0.5, 0.6) is 0 Å². The van der Waals surface area contributed by atoms with Crippen molar-refractivity contribution in [3.8, 4) is 21.3 Å². The molecule has 128 valence electrons. The van der Waals surface area contributed by atoms with E-state index in [1.807, 2.05) is 35.0 Å². The summed E-state index contributed by atoms with van der Waals surface area (Å²) in [7, 11) is 0. The Labute approximate surface area is 154 Å². The summed E-state index contributed by atoms with van der Waals surface area (Å²) in [5, 5.41) is 16.4. The lowest BCUT2D eigenvalue weighted by Gasteiger charge is -2.00. The highest BCUT2D eigenvalue weighted by Crippen LogP contribution is 2.23. The molecule has 0 aliphatic heterocycles. The lowest BCUT2D eigenvalue weighted by molar-refractivity contribution is 0.362. The molecule has 5 rings (SSSR count). The number of thiophene rings is 2. The van der Waals surface area contributed by atoms with E-state index in [2.05, 4.69) is 20.3 Å². The minimum atomic E-state index is -0.265. The van der Waals surface area contributed by atoms with Crippen LogP contribution in [-0.4, -0.2) is 29.5 Å². The van der Waals surface area contributed by atoms with Gasteiger partial charge in [0.25, 0.3) is 5.56 Å². The fraction of sp³-hybridized carbons (Fsp3) is 0.0625. The van der Waals surface area contributed by atoms with E-state index in [1.54, 1.807) is 17.4 Å². The van der Waals surface area contributed by atoms with Gasteiger partial charge in [0.15, 0.2) is 0 Å². The molecule has 8 nitrogen and oxygen atoms in total. The summed E-state index contributed by atoms with van der Waals surface area (Å²) < 4.78 is 8.03. The third-order valence-corrected chi connectivity index (χ3v) is 5.52. The number of aromatic nitrogens is 6. The van der Waals surface area contributed by atoms with E-state index >= 15 is 0 Å². The van der Waals surface area contributed by atoms with E-state index in [1.165, 1.54) is 26.9 Å². The number of nitrogens with zero attached hydrogens (tertiary/aromatic N) is 6. The van der Waals surface area contributed by atoms with Crippen molar-refractivity contribution in [3.63, 3.8) is 0 Å². The van der Waals surface area contributed by atoms with Crippen LogP contribution in [0.2, 0.25) is 0 Å². The molecule has 0 amide bonds. The monoisotopic (exact) mass is 382 g/mol. The van der Waals surface area contributed by atoms with Gasteiger partial charge in [-0.25, -0.2) is 9.20 Å². The fourth-order valence-corrected chi connectivity index (χ4v) is 3.88. The molecule has 0 fully saturated rings. The lowest BCUT2D eigenvalue weighted by atomic mass is 10.3. The first-order valence-corrected chi connectivity index (χ1v) is 9.40. The molecule has 0 unspecified atom stereocenters. The van der Waals surface area contributed by atoms with E-state index in [9.17, 15) is 4.79 Å². The van der Waals surface area contributed by atoms with Crippen LogP contribution in [0.4, 0.5) is 0 Å². The average molecular weight is 382 g/mol. The molecule has 5 heterocycles. The largest absolute Gasteiger partial charge is 0.337 e. The molecule has 0 saturated carbocycles. The summed E-state index contributed by atoms with van der Waals surface area (Å²) in [6, 6.07) is 9.50. The Morgan fingerprint density at radius 3 is 2.69 bits per heavy atom. The van der Waals surface area contributed by atoms with Crippen LogP contribution in [0.3, 0.4) is 0 Å². The normalized spacial score (nSPS) is 11.4. The van der Waals surface area contributed by atoms with Crippen molar-refractivity contribution < 1.29 is 4.52 Å². The molecule has 0 radical (unpaired) electrons. The van der Waals surface area contributed by atoms with E-state index in [4.69, 9.17) is 4.52 Å². The molecule has 26 heavy (non-hydrogen) atoms. The van der Waals surface area contributed by atoms with Crippen LogP contribution in [-0.2, 0) is 6.54 Å². The second-order valence-corrected chi connectivity index (χ2v) is 7.31. The zero-order chi connectivity index (χ0) is 17.5. The zero-order valence-electron chi connectivity index (χ0n) is 13.1. The first kappa shape index (κ1) is 15.2. The summed E-state index contributed by atoms with van der Waals surface area (Å²) in [5.74, 6) is 0.832. The Morgan fingerprint density at radius 2 is 1.92 bits per heavy atom. The molecule has 5 aromatic heterocycles. The molecule has 0 saturated heterocycles. The maximum atomic E-state index is 12.7. The number of hydrogen-bond donors (Lipinski definition) is 0. The molecular formula is C16H10N6O2S2. The van der Waals surface area contributed by atoms with Crippen LogP contribution in [0.1, 0.15) is 5.89 Å². The number of fused-ring (bicyclic) bond motifs is 1. The van der Waals surface area contributed by atoms with Crippen LogP contribution >= 0.6 is 22.7 Å². The molecule has 0 atom stereocenters. The van der Waals surface area contributed by atoms with Crippen molar-refractivity contribution in [1.82, 2.24) is 29.5 Å². The molecule has 0 aromatic carbocycles. The highest BCUT2D eigenvalue weighted by molar-refractivity contribution is 7.13. The van der Waals surface area contributed by atoms with Gasteiger partial charge in [0.1, 0.15) is 24.1 Å². The molecular weight excluding hydrogens is 372 g/mol. The first-order chi connectivity index (χ1) is 12.8. The molecule has 0 bridgehead atoms. The van der Waals surface area contributed by atoms with Crippen molar-refractivity contribution in [1.29, 1.82) is 0 Å². The summed E-state index contributed by atoms with van der Waals surface area (Å²) in [6.07, 6.45) is 1.50. The van der Waals surface area contributed by atoms with Crippen LogP contribution in [0.15, 0.2) is 56.7 Å². The predicted octanol–water partition coefficient (Wildman–Crippen LogP) is 2.78. The smallest absolute Gasteiger partial charge is 0.293 e. The zero-order valence-corrected chi connectivity index (χ0v) is 14.8. The minimum Gasteiger partial charge on any atom is -0.337 e. The molecule has 0 aliphatic rings.